The Balaban J connectivity index is 1.62. The van der Waals surface area contributed by atoms with Crippen LogP contribution in [0.2, 0.25) is 0 Å². The van der Waals surface area contributed by atoms with Crippen molar-refractivity contribution < 1.29 is 13.7 Å². The molecule has 9 nitrogen and oxygen atoms in total. The normalized spacial score (nSPS) is 14.5. The second-order valence-corrected chi connectivity index (χ2v) is 7.10. The Hall–Kier alpha value is -4.08. The van der Waals surface area contributed by atoms with Crippen molar-refractivity contribution in [3.05, 3.63) is 71.8 Å². The summed E-state index contributed by atoms with van der Waals surface area (Å²) in [6, 6.07) is 8.16. The molecule has 0 atom stereocenters. The first-order valence-electron chi connectivity index (χ1n) is 10.1. The number of benzene rings is 1. The molecule has 2 N–H and O–H groups in total. The van der Waals surface area contributed by atoms with Crippen LogP contribution in [0.1, 0.15) is 36.8 Å². The molecule has 0 unspecified atom stereocenters. The Labute approximate surface area is 184 Å². The van der Waals surface area contributed by atoms with Crippen LogP contribution in [0.25, 0.3) is 5.70 Å². The van der Waals surface area contributed by atoms with Gasteiger partial charge in [0.1, 0.15) is 23.5 Å². The molecular formula is C22H22FN7O2. The number of nitrogens with zero attached hydrogens (tertiary/aromatic N) is 6. The van der Waals surface area contributed by atoms with E-state index >= 15 is 0 Å². The molecule has 0 spiro atoms. The summed E-state index contributed by atoms with van der Waals surface area (Å²) in [5.41, 5.74) is 8.18. The lowest BCUT2D eigenvalue weighted by Crippen LogP contribution is -2.25. The van der Waals surface area contributed by atoms with Crippen LogP contribution in [0.4, 0.5) is 15.9 Å². The van der Waals surface area contributed by atoms with E-state index in [9.17, 15) is 9.18 Å². The number of halogens is 1. The highest BCUT2D eigenvalue weighted by Crippen LogP contribution is 2.25. The number of anilines is 2. The van der Waals surface area contributed by atoms with Crippen molar-refractivity contribution in [2.45, 2.75) is 26.3 Å². The summed E-state index contributed by atoms with van der Waals surface area (Å²) in [6.07, 6.45) is 7.46. The Bertz CT molecular complexity index is 1160. The van der Waals surface area contributed by atoms with Crippen molar-refractivity contribution in [3.8, 4) is 0 Å². The van der Waals surface area contributed by atoms with Crippen LogP contribution in [-0.4, -0.2) is 38.8 Å². The molecule has 164 valence electrons. The summed E-state index contributed by atoms with van der Waals surface area (Å²) < 4.78 is 19.2. The maximum atomic E-state index is 14.3. The SMILES string of the molecule is C/C=C(/c1ccon1)N(Cc1ccccc1F)/N=C/c1ncc(N2CCCC2=O)c(N)n1. The maximum absolute atomic E-state index is 14.3. The second kappa shape index (κ2) is 9.38. The Morgan fingerprint density at radius 1 is 1.38 bits per heavy atom. The molecule has 0 bridgehead atoms. The van der Waals surface area contributed by atoms with Crippen LogP contribution >= 0.6 is 0 Å². The van der Waals surface area contributed by atoms with Gasteiger partial charge in [0.25, 0.3) is 0 Å². The molecule has 0 aliphatic carbocycles. The topological polar surface area (TPSA) is 114 Å². The Morgan fingerprint density at radius 2 is 2.22 bits per heavy atom. The molecule has 32 heavy (non-hydrogen) atoms. The minimum absolute atomic E-state index is 0.00289. The smallest absolute Gasteiger partial charge is 0.227 e. The molecular weight excluding hydrogens is 413 g/mol. The minimum atomic E-state index is -0.344. The molecule has 0 saturated carbocycles. The van der Waals surface area contributed by atoms with Gasteiger partial charge in [0, 0.05) is 24.6 Å². The van der Waals surface area contributed by atoms with Gasteiger partial charge in [-0.25, -0.2) is 14.4 Å². The fourth-order valence-corrected chi connectivity index (χ4v) is 3.45. The number of hydrazone groups is 1. The summed E-state index contributed by atoms with van der Waals surface area (Å²) >= 11 is 0. The maximum Gasteiger partial charge on any atom is 0.227 e. The first kappa shape index (κ1) is 21.2. The third kappa shape index (κ3) is 4.48. The first-order valence-corrected chi connectivity index (χ1v) is 10.1. The number of nitrogens with two attached hydrogens (primary N) is 1. The quantitative estimate of drug-likeness (QED) is 0.448. The summed E-state index contributed by atoms with van der Waals surface area (Å²) in [5.74, 6) is 0.110. The molecule has 1 aliphatic rings. The standard InChI is InChI=1S/C22H22FN7O2/c1-2-18(17-9-11-32-28-17)30(14-15-6-3-4-7-16(15)23)26-13-20-25-12-19(22(24)27-20)29-10-5-8-21(29)31/h2-4,6-7,9,11-13H,5,8,10,14H2,1H3,(H2,24,25,27)/b18-2-,26-13+. The van der Waals surface area contributed by atoms with E-state index in [-0.39, 0.29) is 29.9 Å². The van der Waals surface area contributed by atoms with Gasteiger partial charge in [0.2, 0.25) is 5.91 Å². The fraction of sp³-hybridized carbons (Fsp3) is 0.227. The molecule has 1 amide bonds. The van der Waals surface area contributed by atoms with Gasteiger partial charge in [-0.15, -0.1) is 0 Å². The van der Waals surface area contributed by atoms with Crippen molar-refractivity contribution in [1.82, 2.24) is 20.1 Å². The highest BCUT2D eigenvalue weighted by molar-refractivity contribution is 5.97. The lowest BCUT2D eigenvalue weighted by molar-refractivity contribution is -0.117. The monoisotopic (exact) mass is 435 g/mol. The predicted octanol–water partition coefficient (Wildman–Crippen LogP) is 3.21. The molecule has 3 heterocycles. The van der Waals surface area contributed by atoms with Crippen LogP contribution in [0, 0.1) is 5.82 Å². The molecule has 1 fully saturated rings. The van der Waals surface area contributed by atoms with Crippen molar-refractivity contribution >= 4 is 29.3 Å². The van der Waals surface area contributed by atoms with Crippen molar-refractivity contribution in [2.75, 3.05) is 17.2 Å². The fourth-order valence-electron chi connectivity index (χ4n) is 3.45. The lowest BCUT2D eigenvalue weighted by atomic mass is 10.2. The largest absolute Gasteiger partial charge is 0.382 e. The van der Waals surface area contributed by atoms with Gasteiger partial charge in [0.05, 0.1) is 24.7 Å². The van der Waals surface area contributed by atoms with E-state index in [2.05, 4.69) is 20.2 Å². The average Bonchev–Trinajstić information content (AvgIpc) is 3.46. The van der Waals surface area contributed by atoms with E-state index in [1.165, 1.54) is 24.7 Å². The van der Waals surface area contributed by atoms with E-state index in [0.717, 1.165) is 6.42 Å². The van der Waals surface area contributed by atoms with E-state index in [4.69, 9.17) is 10.3 Å². The number of allylic oxidation sites excluding steroid dienone is 1. The van der Waals surface area contributed by atoms with Gasteiger partial charge < -0.3 is 15.2 Å². The van der Waals surface area contributed by atoms with Gasteiger partial charge in [-0.1, -0.05) is 29.4 Å². The molecule has 1 saturated heterocycles. The zero-order chi connectivity index (χ0) is 22.5. The summed E-state index contributed by atoms with van der Waals surface area (Å²) in [7, 11) is 0. The Morgan fingerprint density at radius 3 is 2.88 bits per heavy atom. The number of carbonyl (C=O) groups excluding carboxylic acids is 1. The zero-order valence-electron chi connectivity index (χ0n) is 17.5. The van der Waals surface area contributed by atoms with E-state index in [1.54, 1.807) is 40.3 Å². The van der Waals surface area contributed by atoms with Crippen molar-refractivity contribution in [2.24, 2.45) is 5.10 Å². The number of amides is 1. The van der Waals surface area contributed by atoms with Gasteiger partial charge in [-0.2, -0.15) is 5.10 Å². The van der Waals surface area contributed by atoms with Gasteiger partial charge in [-0.05, 0) is 19.4 Å². The molecule has 0 radical (unpaired) electrons. The molecule has 2 aromatic heterocycles. The molecule has 1 aliphatic heterocycles. The zero-order valence-corrected chi connectivity index (χ0v) is 17.5. The molecule has 4 rings (SSSR count). The lowest BCUT2D eigenvalue weighted by Gasteiger charge is -2.21. The summed E-state index contributed by atoms with van der Waals surface area (Å²) in [4.78, 5) is 22.1. The van der Waals surface area contributed by atoms with E-state index < -0.39 is 0 Å². The second-order valence-electron chi connectivity index (χ2n) is 7.10. The van der Waals surface area contributed by atoms with E-state index in [1.807, 2.05) is 6.92 Å². The molecule has 3 aromatic rings. The predicted molar refractivity (Wildman–Crippen MR) is 118 cm³/mol. The van der Waals surface area contributed by atoms with Crippen LogP contribution in [-0.2, 0) is 11.3 Å². The summed E-state index contributed by atoms with van der Waals surface area (Å²) in [6.45, 7) is 2.56. The van der Waals surface area contributed by atoms with Crippen LogP contribution in [0.15, 0.2) is 58.5 Å². The summed E-state index contributed by atoms with van der Waals surface area (Å²) in [5, 5.41) is 10.0. The minimum Gasteiger partial charge on any atom is -0.382 e. The number of nitrogen functional groups attached to an aromatic ring is 1. The highest BCUT2D eigenvalue weighted by Gasteiger charge is 2.24. The van der Waals surface area contributed by atoms with Crippen LogP contribution in [0.5, 0.6) is 0 Å². The molecule has 10 heteroatoms. The van der Waals surface area contributed by atoms with Gasteiger partial charge in [-0.3, -0.25) is 9.80 Å². The number of hydrogen-bond acceptors (Lipinski definition) is 8. The third-order valence-electron chi connectivity index (χ3n) is 5.02. The average molecular weight is 435 g/mol. The molecule has 1 aromatic carbocycles. The van der Waals surface area contributed by atoms with Crippen molar-refractivity contribution in [3.63, 3.8) is 0 Å². The third-order valence-corrected chi connectivity index (χ3v) is 5.02. The Kier molecular flexibility index (Phi) is 6.20. The van der Waals surface area contributed by atoms with E-state index in [0.29, 0.717) is 35.6 Å². The highest BCUT2D eigenvalue weighted by atomic mass is 19.1. The van der Waals surface area contributed by atoms with Gasteiger partial charge >= 0.3 is 0 Å². The number of aromatic nitrogens is 3. The van der Waals surface area contributed by atoms with Gasteiger partial charge in [0.15, 0.2) is 11.6 Å². The van der Waals surface area contributed by atoms with Crippen LogP contribution < -0.4 is 10.6 Å². The number of carbonyl (C=O) groups is 1. The number of hydrogen-bond donors (Lipinski definition) is 1. The first-order chi connectivity index (χ1) is 15.6. The van der Waals surface area contributed by atoms with Crippen molar-refractivity contribution in [1.29, 1.82) is 0 Å². The van der Waals surface area contributed by atoms with Crippen LogP contribution in [0.3, 0.4) is 0 Å². The number of rotatable bonds is 7.